The third-order valence-electron chi connectivity index (χ3n) is 6.07. The van der Waals surface area contributed by atoms with Gasteiger partial charge in [-0.2, -0.15) is 5.10 Å². The van der Waals surface area contributed by atoms with Gasteiger partial charge < -0.3 is 24.3 Å². The summed E-state index contributed by atoms with van der Waals surface area (Å²) in [5.74, 6) is -0.269. The van der Waals surface area contributed by atoms with Gasteiger partial charge in [-0.15, -0.1) is 0 Å². The van der Waals surface area contributed by atoms with Gasteiger partial charge in [0.1, 0.15) is 5.75 Å². The van der Waals surface area contributed by atoms with E-state index in [0.717, 1.165) is 10.0 Å². The molecule has 4 aromatic carbocycles. The molecule has 0 aliphatic rings. The second kappa shape index (κ2) is 15.2. The largest absolute Gasteiger partial charge is 0.493 e. The molecular weight excluding hydrogens is 630 g/mol. The van der Waals surface area contributed by atoms with Crippen LogP contribution in [0.25, 0.3) is 6.08 Å². The summed E-state index contributed by atoms with van der Waals surface area (Å²) >= 11 is 3.39. The highest BCUT2D eigenvalue weighted by Crippen LogP contribution is 2.38. The number of methoxy groups -OCH3 is 3. The van der Waals surface area contributed by atoms with Gasteiger partial charge in [-0.1, -0.05) is 52.3 Å². The summed E-state index contributed by atoms with van der Waals surface area (Å²) in [7, 11) is 4.38. The lowest BCUT2D eigenvalue weighted by molar-refractivity contribution is -0.128. The number of nitrogens with zero attached hydrogens (tertiary/aromatic N) is 1. The normalized spacial score (nSPS) is 10.8. The van der Waals surface area contributed by atoms with Crippen LogP contribution in [-0.4, -0.2) is 45.3 Å². The van der Waals surface area contributed by atoms with Crippen molar-refractivity contribution in [2.75, 3.05) is 26.6 Å². The molecule has 0 spiro atoms. The predicted molar refractivity (Wildman–Crippen MR) is 171 cm³/mol. The van der Waals surface area contributed by atoms with Crippen LogP contribution in [-0.2, 0) is 4.79 Å². The van der Waals surface area contributed by atoms with Gasteiger partial charge in [0.2, 0.25) is 5.75 Å². The van der Waals surface area contributed by atoms with Crippen molar-refractivity contribution in [2.45, 2.75) is 0 Å². The molecule has 0 aliphatic carbocycles. The number of esters is 1. The van der Waals surface area contributed by atoms with E-state index in [1.165, 1.54) is 51.8 Å². The molecule has 10 nitrogen and oxygen atoms in total. The number of hydrogen-bond donors (Lipinski definition) is 2. The van der Waals surface area contributed by atoms with Crippen molar-refractivity contribution in [1.82, 2.24) is 5.43 Å². The highest BCUT2D eigenvalue weighted by Gasteiger charge is 2.17. The van der Waals surface area contributed by atoms with E-state index in [4.69, 9.17) is 18.9 Å². The molecule has 0 saturated heterocycles. The number of carbonyl (C=O) groups excluding carboxylic acids is 3. The average molecular weight is 659 g/mol. The van der Waals surface area contributed by atoms with Gasteiger partial charge >= 0.3 is 5.97 Å². The van der Waals surface area contributed by atoms with Gasteiger partial charge in [0, 0.05) is 32.9 Å². The zero-order chi connectivity index (χ0) is 31.5. The maximum absolute atomic E-state index is 13.0. The maximum Gasteiger partial charge on any atom is 0.336 e. The van der Waals surface area contributed by atoms with Crippen LogP contribution in [0.15, 0.2) is 101 Å². The van der Waals surface area contributed by atoms with Crippen molar-refractivity contribution < 1.29 is 33.3 Å². The first-order valence-electron chi connectivity index (χ1n) is 13.1. The molecule has 0 fully saturated rings. The van der Waals surface area contributed by atoms with Gasteiger partial charge in [0.05, 0.1) is 27.5 Å². The Morgan fingerprint density at radius 3 is 2.16 bits per heavy atom. The number of ether oxygens (including phenoxy) is 4. The van der Waals surface area contributed by atoms with Crippen molar-refractivity contribution in [3.05, 3.63) is 118 Å². The number of nitrogens with one attached hydrogen (secondary N) is 2. The van der Waals surface area contributed by atoms with Gasteiger partial charge in [-0.3, -0.25) is 9.59 Å². The monoisotopic (exact) mass is 657 g/mol. The molecular formula is C33H28BrN3O7. The van der Waals surface area contributed by atoms with Crippen LogP contribution in [0.3, 0.4) is 0 Å². The molecule has 4 rings (SSSR count). The van der Waals surface area contributed by atoms with E-state index in [9.17, 15) is 14.4 Å². The number of halogens is 1. The molecule has 224 valence electrons. The smallest absolute Gasteiger partial charge is 0.336 e. The molecule has 0 aromatic heterocycles. The van der Waals surface area contributed by atoms with Gasteiger partial charge in [-0.25, -0.2) is 10.2 Å². The molecule has 11 heteroatoms. The van der Waals surface area contributed by atoms with Crippen LogP contribution in [0, 0.1) is 0 Å². The molecule has 2 N–H and O–H groups in total. The summed E-state index contributed by atoms with van der Waals surface area (Å²) in [6.07, 6.45) is 4.34. The first-order chi connectivity index (χ1) is 21.3. The van der Waals surface area contributed by atoms with Crippen LogP contribution in [0.4, 0.5) is 5.69 Å². The molecule has 0 saturated carbocycles. The molecule has 4 aromatic rings. The van der Waals surface area contributed by atoms with E-state index < -0.39 is 17.8 Å². The highest BCUT2D eigenvalue weighted by atomic mass is 79.9. The quantitative estimate of drug-likeness (QED) is 0.0655. The van der Waals surface area contributed by atoms with Crippen molar-refractivity contribution in [1.29, 1.82) is 0 Å². The van der Waals surface area contributed by atoms with E-state index in [2.05, 4.69) is 31.8 Å². The van der Waals surface area contributed by atoms with Crippen molar-refractivity contribution in [2.24, 2.45) is 5.10 Å². The summed E-state index contributed by atoms with van der Waals surface area (Å²) in [6.45, 7) is 0. The number of rotatable bonds is 11. The highest BCUT2D eigenvalue weighted by molar-refractivity contribution is 9.10. The third kappa shape index (κ3) is 8.33. The number of hydrogen-bond acceptors (Lipinski definition) is 8. The lowest BCUT2D eigenvalue weighted by Crippen LogP contribution is -2.18. The Kier molecular flexibility index (Phi) is 10.9. The minimum absolute atomic E-state index is 0.247. The molecule has 0 bridgehead atoms. The fourth-order valence-electron chi connectivity index (χ4n) is 3.96. The lowest BCUT2D eigenvalue weighted by Gasteiger charge is -2.14. The summed E-state index contributed by atoms with van der Waals surface area (Å²) in [5.41, 5.74) is 4.65. The second-order valence-corrected chi connectivity index (χ2v) is 9.91. The van der Waals surface area contributed by atoms with Crippen LogP contribution in [0.2, 0.25) is 0 Å². The zero-order valence-corrected chi connectivity index (χ0v) is 25.6. The van der Waals surface area contributed by atoms with E-state index in [-0.39, 0.29) is 16.9 Å². The Hall–Kier alpha value is -5.42. The van der Waals surface area contributed by atoms with E-state index in [1.54, 1.807) is 42.5 Å². The summed E-state index contributed by atoms with van der Waals surface area (Å²) in [5, 5.41) is 6.79. The fourth-order valence-corrected chi connectivity index (χ4v) is 4.34. The number of hydrazone groups is 1. The van der Waals surface area contributed by atoms with E-state index in [1.807, 2.05) is 30.3 Å². The average Bonchev–Trinajstić information content (AvgIpc) is 3.04. The number of amides is 2. The molecule has 0 aliphatic heterocycles. The van der Waals surface area contributed by atoms with Crippen molar-refractivity contribution in [3.63, 3.8) is 0 Å². The van der Waals surface area contributed by atoms with Gasteiger partial charge in [0.15, 0.2) is 11.5 Å². The molecule has 2 amide bonds. The van der Waals surface area contributed by atoms with Crippen LogP contribution in [0.5, 0.6) is 23.0 Å². The number of anilines is 1. The molecule has 0 radical (unpaired) electrons. The second-order valence-electron chi connectivity index (χ2n) is 9.00. The van der Waals surface area contributed by atoms with Crippen LogP contribution < -0.4 is 29.7 Å². The standard InChI is InChI=1S/C33H28BrN3O7/c1-41-28-18-23(19-29(42-2)31(28)43-3)32(39)36-26-11-7-10-22(17-26)33(40)37-35-20-24-16-25(34)13-14-27(24)44-30(38)15-12-21-8-5-4-6-9-21/h4-20H,1-3H3,(H,36,39)(H,37,40)/b15-12+,35-20?. The van der Waals surface area contributed by atoms with Gasteiger partial charge in [-0.05, 0) is 60.2 Å². The SMILES string of the molecule is COc1cc(C(=O)Nc2cccc(C(=O)NN=Cc3cc(Br)ccc3OC(=O)/C=C/c3ccccc3)c2)cc(OC)c1OC. The Balaban J connectivity index is 1.42. The first-order valence-corrected chi connectivity index (χ1v) is 13.9. The Labute approximate surface area is 262 Å². The summed E-state index contributed by atoms with van der Waals surface area (Å²) < 4.78 is 22.1. The fraction of sp³-hybridized carbons (Fsp3) is 0.0909. The Bertz CT molecular complexity index is 1700. The predicted octanol–water partition coefficient (Wildman–Crippen LogP) is 6.11. The summed E-state index contributed by atoms with van der Waals surface area (Å²) in [6, 6.07) is 23.8. The Morgan fingerprint density at radius 2 is 1.48 bits per heavy atom. The lowest BCUT2D eigenvalue weighted by atomic mass is 10.1. The molecule has 0 heterocycles. The minimum atomic E-state index is -0.569. The van der Waals surface area contributed by atoms with Gasteiger partial charge in [0.25, 0.3) is 11.8 Å². The third-order valence-corrected chi connectivity index (χ3v) is 6.57. The molecule has 0 atom stereocenters. The molecule has 44 heavy (non-hydrogen) atoms. The number of benzene rings is 4. The maximum atomic E-state index is 13.0. The molecule has 0 unspecified atom stereocenters. The van der Waals surface area contributed by atoms with Crippen molar-refractivity contribution >= 4 is 51.7 Å². The van der Waals surface area contributed by atoms with Crippen LogP contribution in [0.1, 0.15) is 31.8 Å². The Morgan fingerprint density at radius 1 is 0.750 bits per heavy atom. The zero-order valence-electron chi connectivity index (χ0n) is 24.0. The minimum Gasteiger partial charge on any atom is -0.493 e. The topological polar surface area (TPSA) is 125 Å². The summed E-state index contributed by atoms with van der Waals surface area (Å²) in [4.78, 5) is 38.2. The number of carbonyl (C=O) groups is 3. The van der Waals surface area contributed by atoms with Crippen LogP contribution >= 0.6 is 15.9 Å². The van der Waals surface area contributed by atoms with E-state index in [0.29, 0.717) is 28.5 Å². The van der Waals surface area contributed by atoms with Crippen molar-refractivity contribution in [3.8, 4) is 23.0 Å². The first kappa shape index (κ1) is 31.5. The van der Waals surface area contributed by atoms with E-state index >= 15 is 0 Å².